The molecule has 0 amide bonds. The van der Waals surface area contributed by atoms with Gasteiger partial charge < -0.3 is 5.73 Å². The molecule has 0 saturated heterocycles. The second-order valence-corrected chi connectivity index (χ2v) is 4.41. The molecule has 6 heteroatoms. The molecule has 0 aliphatic rings. The molecule has 0 spiro atoms. The maximum Gasteiger partial charge on any atom is 0.220 e. The number of pyridine rings is 1. The van der Waals surface area contributed by atoms with Crippen molar-refractivity contribution in [2.45, 2.75) is 13.8 Å². The Kier molecular flexibility index (Phi) is 2.90. The van der Waals surface area contributed by atoms with E-state index in [0.29, 0.717) is 0 Å². The number of allylic oxidation sites excluding steroid dienone is 1. The highest BCUT2D eigenvalue weighted by molar-refractivity contribution is 5.80. The fourth-order valence-electron chi connectivity index (χ4n) is 2.20. The number of aromatic nitrogens is 5. The number of rotatable bonds is 2. The Hall–Kier alpha value is -2.76. The molecule has 0 fully saturated rings. The number of hydrogen-bond donors (Lipinski definition) is 1. The van der Waals surface area contributed by atoms with Crippen LogP contribution in [-0.2, 0) is 0 Å². The van der Waals surface area contributed by atoms with E-state index in [4.69, 9.17) is 5.73 Å². The van der Waals surface area contributed by atoms with Gasteiger partial charge in [0.05, 0.1) is 5.69 Å². The van der Waals surface area contributed by atoms with E-state index in [1.165, 1.54) is 6.33 Å². The molecular formula is C14H14N6. The molecule has 0 unspecified atom stereocenters. The van der Waals surface area contributed by atoms with E-state index in [2.05, 4.69) is 20.1 Å². The van der Waals surface area contributed by atoms with E-state index in [-0.39, 0.29) is 5.95 Å². The molecule has 0 aliphatic heterocycles. The quantitative estimate of drug-likeness (QED) is 0.765. The van der Waals surface area contributed by atoms with Crippen LogP contribution in [0.1, 0.15) is 23.7 Å². The number of anilines is 1. The van der Waals surface area contributed by atoms with Crippen LogP contribution in [-0.4, -0.2) is 24.6 Å². The summed E-state index contributed by atoms with van der Waals surface area (Å²) < 4.78 is 1.74. The first-order valence-corrected chi connectivity index (χ1v) is 6.24. The third-order valence-electron chi connectivity index (χ3n) is 3.16. The van der Waals surface area contributed by atoms with Crippen molar-refractivity contribution in [3.8, 4) is 0 Å². The largest absolute Gasteiger partial charge is 0.368 e. The van der Waals surface area contributed by atoms with Crippen molar-refractivity contribution < 1.29 is 0 Å². The Bertz CT molecular complexity index is 802. The van der Waals surface area contributed by atoms with Crippen LogP contribution in [0.15, 0.2) is 36.9 Å². The minimum absolute atomic E-state index is 0.286. The summed E-state index contributed by atoms with van der Waals surface area (Å²) in [4.78, 5) is 12.4. The summed E-state index contributed by atoms with van der Waals surface area (Å²) in [7, 11) is 0. The Morgan fingerprint density at radius 3 is 2.90 bits per heavy atom. The summed E-state index contributed by atoms with van der Waals surface area (Å²) in [6, 6.07) is 3.94. The first-order chi connectivity index (χ1) is 9.69. The Balaban J connectivity index is 2.13. The molecule has 0 aliphatic carbocycles. The minimum atomic E-state index is 0.286. The van der Waals surface area contributed by atoms with Crippen LogP contribution in [0.5, 0.6) is 0 Å². The van der Waals surface area contributed by atoms with Crippen LogP contribution < -0.4 is 5.73 Å². The van der Waals surface area contributed by atoms with Crippen LogP contribution in [0.4, 0.5) is 5.95 Å². The predicted molar refractivity (Wildman–Crippen MR) is 76.9 cm³/mol. The number of nitrogen functional groups attached to an aromatic ring is 1. The maximum absolute atomic E-state index is 5.60. The van der Waals surface area contributed by atoms with Crippen LogP contribution in [0, 0.1) is 6.92 Å². The monoisotopic (exact) mass is 266 g/mol. The molecule has 6 nitrogen and oxygen atoms in total. The Morgan fingerprint density at radius 1 is 1.30 bits per heavy atom. The van der Waals surface area contributed by atoms with Gasteiger partial charge in [-0.3, -0.25) is 0 Å². The first-order valence-electron chi connectivity index (χ1n) is 6.24. The molecule has 0 radical (unpaired) electrons. The lowest BCUT2D eigenvalue weighted by Gasteiger charge is -2.10. The van der Waals surface area contributed by atoms with Gasteiger partial charge in [-0.15, -0.1) is 0 Å². The zero-order valence-corrected chi connectivity index (χ0v) is 11.3. The Morgan fingerprint density at radius 2 is 2.15 bits per heavy atom. The van der Waals surface area contributed by atoms with Crippen LogP contribution in [0.2, 0.25) is 0 Å². The lowest BCUT2D eigenvalue weighted by atomic mass is 9.99. The smallest absolute Gasteiger partial charge is 0.220 e. The van der Waals surface area contributed by atoms with Crippen LogP contribution in [0.3, 0.4) is 0 Å². The summed E-state index contributed by atoms with van der Waals surface area (Å²) in [6.07, 6.45) is 7.25. The average Bonchev–Trinajstić information content (AvgIpc) is 2.89. The number of nitrogens with zero attached hydrogens (tertiary/aromatic N) is 5. The van der Waals surface area contributed by atoms with Crippen LogP contribution in [0.25, 0.3) is 11.2 Å². The molecule has 0 aromatic carbocycles. The Labute approximate surface area is 116 Å². The highest BCUT2D eigenvalue weighted by Crippen LogP contribution is 2.25. The third-order valence-corrected chi connectivity index (χ3v) is 3.16. The summed E-state index contributed by atoms with van der Waals surface area (Å²) in [5, 5.41) is 4.15. The zero-order valence-electron chi connectivity index (χ0n) is 11.3. The predicted octanol–water partition coefficient (Wildman–Crippen LogP) is 1.86. The lowest BCUT2D eigenvalue weighted by Crippen LogP contribution is -2.01. The standard InChI is InChI=1S/C14H14N6/c1-3-11(12-6-16-14(15)19-9(12)2)10-4-5-13-17-8-18-20(13)7-10/h3-8H,1-2H3,(H2,15,16,19)/b11-3-. The molecule has 100 valence electrons. The second kappa shape index (κ2) is 4.73. The van der Waals surface area contributed by atoms with Crippen LogP contribution >= 0.6 is 0 Å². The lowest BCUT2D eigenvalue weighted by molar-refractivity contribution is 0.957. The SMILES string of the molecule is C/C=C(/c1ccc2ncnn2c1)c1cnc(N)nc1C. The summed E-state index contributed by atoms with van der Waals surface area (Å²) >= 11 is 0. The number of fused-ring (bicyclic) bond motifs is 1. The van der Waals surface area contributed by atoms with E-state index in [9.17, 15) is 0 Å². The van der Waals surface area contributed by atoms with Gasteiger partial charge in [-0.2, -0.15) is 5.10 Å². The van der Waals surface area contributed by atoms with E-state index < -0.39 is 0 Å². The molecule has 3 aromatic heterocycles. The third kappa shape index (κ3) is 2.01. The van der Waals surface area contributed by atoms with Gasteiger partial charge in [-0.25, -0.2) is 19.5 Å². The zero-order chi connectivity index (χ0) is 14.1. The van der Waals surface area contributed by atoms with Crippen molar-refractivity contribution in [2.75, 3.05) is 5.73 Å². The van der Waals surface area contributed by atoms with Crippen molar-refractivity contribution in [3.63, 3.8) is 0 Å². The van der Waals surface area contributed by atoms with Gasteiger partial charge in [0.1, 0.15) is 6.33 Å². The van der Waals surface area contributed by atoms with Crippen molar-refractivity contribution in [1.29, 1.82) is 0 Å². The molecule has 3 aromatic rings. The van der Waals surface area contributed by atoms with Gasteiger partial charge in [-0.1, -0.05) is 6.08 Å². The summed E-state index contributed by atoms with van der Waals surface area (Å²) in [5.74, 6) is 0.286. The van der Waals surface area contributed by atoms with Gasteiger partial charge in [0.2, 0.25) is 5.95 Å². The van der Waals surface area contributed by atoms with Gasteiger partial charge in [0.15, 0.2) is 5.65 Å². The maximum atomic E-state index is 5.60. The van der Waals surface area contributed by atoms with E-state index in [0.717, 1.165) is 28.0 Å². The van der Waals surface area contributed by atoms with Crippen molar-refractivity contribution in [3.05, 3.63) is 53.8 Å². The fraction of sp³-hybridized carbons (Fsp3) is 0.143. The summed E-state index contributed by atoms with van der Waals surface area (Å²) in [5.41, 5.74) is 10.3. The number of hydrogen-bond acceptors (Lipinski definition) is 5. The average molecular weight is 266 g/mol. The van der Waals surface area contributed by atoms with E-state index >= 15 is 0 Å². The highest BCUT2D eigenvalue weighted by Gasteiger charge is 2.10. The molecule has 3 heterocycles. The van der Waals surface area contributed by atoms with Gasteiger partial charge in [0.25, 0.3) is 0 Å². The molecule has 0 atom stereocenters. The minimum Gasteiger partial charge on any atom is -0.368 e. The highest BCUT2D eigenvalue weighted by atomic mass is 15.3. The molecule has 0 saturated carbocycles. The van der Waals surface area contributed by atoms with Crippen molar-refractivity contribution >= 4 is 17.2 Å². The second-order valence-electron chi connectivity index (χ2n) is 4.41. The van der Waals surface area contributed by atoms with Crippen molar-refractivity contribution in [1.82, 2.24) is 24.6 Å². The van der Waals surface area contributed by atoms with E-state index in [1.807, 2.05) is 38.3 Å². The van der Waals surface area contributed by atoms with Gasteiger partial charge >= 0.3 is 0 Å². The van der Waals surface area contributed by atoms with Gasteiger partial charge in [-0.05, 0) is 31.6 Å². The fourth-order valence-corrected chi connectivity index (χ4v) is 2.20. The number of aryl methyl sites for hydroxylation is 1. The molecule has 3 rings (SSSR count). The normalized spacial score (nSPS) is 12.0. The topological polar surface area (TPSA) is 82.0 Å². The molecular weight excluding hydrogens is 252 g/mol. The number of nitrogens with two attached hydrogens (primary N) is 1. The molecule has 0 bridgehead atoms. The molecule has 2 N–H and O–H groups in total. The molecule has 20 heavy (non-hydrogen) atoms. The van der Waals surface area contributed by atoms with Gasteiger partial charge in [0, 0.05) is 23.5 Å². The van der Waals surface area contributed by atoms with Crippen molar-refractivity contribution in [2.24, 2.45) is 0 Å². The first kappa shape index (κ1) is 12.3. The van der Waals surface area contributed by atoms with E-state index in [1.54, 1.807) is 10.7 Å². The summed E-state index contributed by atoms with van der Waals surface area (Å²) in [6.45, 7) is 3.90.